The number of hydrogen-bond donors (Lipinski definition) is 1. The maximum absolute atomic E-state index is 14.1. The Balaban J connectivity index is 1.71. The van der Waals surface area contributed by atoms with Gasteiger partial charge in [0.05, 0.1) is 6.04 Å². The van der Waals surface area contributed by atoms with Gasteiger partial charge in [-0.05, 0) is 57.7 Å². The number of carbonyl (C=O) groups excluding carboxylic acids is 1. The van der Waals surface area contributed by atoms with Crippen molar-refractivity contribution in [3.8, 4) is 0 Å². The molecule has 22 heavy (non-hydrogen) atoms. The summed E-state index contributed by atoms with van der Waals surface area (Å²) in [6.45, 7) is 3.96. The summed E-state index contributed by atoms with van der Waals surface area (Å²) in [7, 11) is 0. The number of nitrogens with zero attached hydrogens (tertiary/aromatic N) is 1. The second-order valence-corrected chi connectivity index (χ2v) is 6.63. The third-order valence-electron chi connectivity index (χ3n) is 4.92. The molecule has 0 spiro atoms. The van der Waals surface area contributed by atoms with Gasteiger partial charge in [-0.1, -0.05) is 18.2 Å². The Morgan fingerprint density at radius 2 is 1.95 bits per heavy atom. The fourth-order valence-corrected chi connectivity index (χ4v) is 3.49. The predicted octanol–water partition coefficient (Wildman–Crippen LogP) is 3.27. The Bertz CT molecular complexity index is 524. The highest BCUT2D eigenvalue weighted by Gasteiger charge is 2.37. The molecule has 1 atom stereocenters. The summed E-state index contributed by atoms with van der Waals surface area (Å²) < 4.78 is 14.1. The molecule has 2 fully saturated rings. The molecule has 0 radical (unpaired) electrons. The van der Waals surface area contributed by atoms with Crippen molar-refractivity contribution in [2.24, 2.45) is 5.92 Å². The Morgan fingerprint density at radius 3 is 2.59 bits per heavy atom. The van der Waals surface area contributed by atoms with Crippen molar-refractivity contribution in [1.82, 2.24) is 10.2 Å². The van der Waals surface area contributed by atoms with Gasteiger partial charge in [-0.15, -0.1) is 0 Å². The molecule has 3 nitrogen and oxygen atoms in total. The van der Waals surface area contributed by atoms with Crippen molar-refractivity contribution < 1.29 is 9.18 Å². The summed E-state index contributed by atoms with van der Waals surface area (Å²) in [6.07, 6.45) is 4.85. The number of rotatable bonds is 5. The minimum atomic E-state index is -0.213. The molecule has 1 aromatic carbocycles. The number of nitrogens with one attached hydrogen (secondary N) is 1. The maximum atomic E-state index is 14.1. The van der Waals surface area contributed by atoms with Gasteiger partial charge in [-0.2, -0.15) is 0 Å². The molecule has 0 unspecified atom stereocenters. The van der Waals surface area contributed by atoms with Crippen LogP contribution in [0.2, 0.25) is 0 Å². The van der Waals surface area contributed by atoms with E-state index in [1.54, 1.807) is 12.1 Å². The van der Waals surface area contributed by atoms with Gasteiger partial charge < -0.3 is 10.2 Å². The van der Waals surface area contributed by atoms with E-state index in [1.165, 1.54) is 6.07 Å². The highest BCUT2D eigenvalue weighted by Crippen LogP contribution is 2.36. The average Bonchev–Trinajstić information content (AvgIpc) is 3.33. The standard InChI is InChI=1S/C18H25FN2O/c1-13(16-4-2-3-5-17(16)19)21(15-6-7-15)18(22)12-14-8-10-20-11-9-14/h2-5,13-15,20H,6-12H2,1H3/t13-/m0/s1. The van der Waals surface area contributed by atoms with Gasteiger partial charge in [0.15, 0.2) is 0 Å². The quantitative estimate of drug-likeness (QED) is 0.905. The van der Waals surface area contributed by atoms with Gasteiger partial charge in [0.2, 0.25) is 5.91 Å². The minimum absolute atomic E-state index is 0.178. The van der Waals surface area contributed by atoms with Crippen LogP contribution in [0.1, 0.15) is 50.6 Å². The third-order valence-corrected chi connectivity index (χ3v) is 4.92. The molecule has 1 N–H and O–H groups in total. The molecule has 2 aliphatic rings. The SMILES string of the molecule is C[C@@H](c1ccccc1F)N(C(=O)CC1CCNCC1)C1CC1. The molecule has 120 valence electrons. The van der Waals surface area contributed by atoms with Crippen LogP contribution >= 0.6 is 0 Å². The summed E-state index contributed by atoms with van der Waals surface area (Å²) in [5.41, 5.74) is 0.632. The van der Waals surface area contributed by atoms with Crippen LogP contribution < -0.4 is 5.32 Å². The van der Waals surface area contributed by atoms with Gasteiger partial charge >= 0.3 is 0 Å². The van der Waals surface area contributed by atoms with Gasteiger partial charge in [-0.25, -0.2) is 4.39 Å². The van der Waals surface area contributed by atoms with Crippen LogP contribution in [0.4, 0.5) is 4.39 Å². The first-order valence-corrected chi connectivity index (χ1v) is 8.43. The molecule has 1 aliphatic heterocycles. The lowest BCUT2D eigenvalue weighted by Crippen LogP contribution is -2.38. The normalized spacial score (nSPS) is 20.6. The lowest BCUT2D eigenvalue weighted by Gasteiger charge is -2.32. The van der Waals surface area contributed by atoms with E-state index in [4.69, 9.17) is 0 Å². The summed E-state index contributed by atoms with van der Waals surface area (Å²) in [6, 6.07) is 6.95. The van der Waals surface area contributed by atoms with Crippen molar-refractivity contribution in [3.63, 3.8) is 0 Å². The van der Waals surface area contributed by atoms with E-state index in [-0.39, 0.29) is 17.8 Å². The topological polar surface area (TPSA) is 32.3 Å². The molecule has 0 bridgehead atoms. The number of piperidine rings is 1. The Labute approximate surface area is 131 Å². The number of carbonyl (C=O) groups is 1. The zero-order valence-corrected chi connectivity index (χ0v) is 13.2. The van der Waals surface area contributed by atoms with Crippen LogP contribution in [0.5, 0.6) is 0 Å². The van der Waals surface area contributed by atoms with E-state index in [0.29, 0.717) is 23.9 Å². The highest BCUT2D eigenvalue weighted by atomic mass is 19.1. The summed E-state index contributed by atoms with van der Waals surface area (Å²) in [5, 5.41) is 3.33. The van der Waals surface area contributed by atoms with Gasteiger partial charge in [0, 0.05) is 18.0 Å². The van der Waals surface area contributed by atoms with E-state index in [1.807, 2.05) is 17.9 Å². The zero-order valence-electron chi connectivity index (χ0n) is 13.2. The lowest BCUT2D eigenvalue weighted by atomic mass is 9.93. The summed E-state index contributed by atoms with van der Waals surface area (Å²) in [5.74, 6) is 0.461. The van der Waals surface area contributed by atoms with Gasteiger partial charge in [0.1, 0.15) is 5.82 Å². The molecule has 1 heterocycles. The van der Waals surface area contributed by atoms with Gasteiger partial charge in [0.25, 0.3) is 0 Å². The second kappa shape index (κ2) is 6.78. The van der Waals surface area contributed by atoms with Crippen molar-refractivity contribution in [2.75, 3.05) is 13.1 Å². The Kier molecular flexibility index (Phi) is 4.77. The molecule has 1 amide bonds. The average molecular weight is 304 g/mol. The molecule has 4 heteroatoms. The van der Waals surface area contributed by atoms with Crippen molar-refractivity contribution >= 4 is 5.91 Å². The van der Waals surface area contributed by atoms with Crippen LogP contribution in [0.25, 0.3) is 0 Å². The van der Waals surface area contributed by atoms with Crippen molar-refractivity contribution in [3.05, 3.63) is 35.6 Å². The van der Waals surface area contributed by atoms with Crippen LogP contribution in [0, 0.1) is 11.7 Å². The number of benzene rings is 1. The number of halogens is 1. The Hall–Kier alpha value is -1.42. The fourth-order valence-electron chi connectivity index (χ4n) is 3.49. The molecule has 3 rings (SSSR count). The van der Waals surface area contributed by atoms with Crippen LogP contribution in [0.3, 0.4) is 0 Å². The van der Waals surface area contributed by atoms with Crippen LogP contribution in [-0.2, 0) is 4.79 Å². The molecule has 1 saturated heterocycles. The van der Waals surface area contributed by atoms with Crippen LogP contribution in [-0.4, -0.2) is 29.9 Å². The largest absolute Gasteiger partial charge is 0.333 e. The van der Waals surface area contributed by atoms with Gasteiger partial charge in [-0.3, -0.25) is 4.79 Å². The molecule has 1 saturated carbocycles. The smallest absolute Gasteiger partial charge is 0.223 e. The second-order valence-electron chi connectivity index (χ2n) is 6.63. The Morgan fingerprint density at radius 1 is 1.27 bits per heavy atom. The zero-order chi connectivity index (χ0) is 15.5. The molecule has 1 aromatic rings. The van der Waals surface area contributed by atoms with E-state index >= 15 is 0 Å². The van der Waals surface area contributed by atoms with E-state index in [0.717, 1.165) is 38.8 Å². The predicted molar refractivity (Wildman–Crippen MR) is 84.9 cm³/mol. The first kappa shape index (κ1) is 15.5. The maximum Gasteiger partial charge on any atom is 0.223 e. The summed E-state index contributed by atoms with van der Waals surface area (Å²) >= 11 is 0. The highest BCUT2D eigenvalue weighted by molar-refractivity contribution is 5.77. The lowest BCUT2D eigenvalue weighted by molar-refractivity contribution is -0.135. The fraction of sp³-hybridized carbons (Fsp3) is 0.611. The van der Waals surface area contributed by atoms with E-state index in [2.05, 4.69) is 5.32 Å². The van der Waals surface area contributed by atoms with Crippen molar-refractivity contribution in [2.45, 2.75) is 51.1 Å². The molecular weight excluding hydrogens is 279 g/mol. The first-order chi connectivity index (χ1) is 10.7. The van der Waals surface area contributed by atoms with E-state index < -0.39 is 0 Å². The molecule has 0 aromatic heterocycles. The number of amides is 1. The first-order valence-electron chi connectivity index (χ1n) is 8.43. The number of hydrogen-bond acceptors (Lipinski definition) is 2. The van der Waals surface area contributed by atoms with Crippen LogP contribution in [0.15, 0.2) is 24.3 Å². The minimum Gasteiger partial charge on any atom is -0.333 e. The van der Waals surface area contributed by atoms with E-state index in [9.17, 15) is 9.18 Å². The third kappa shape index (κ3) is 3.49. The molecular formula is C18H25FN2O. The van der Waals surface area contributed by atoms with Crippen molar-refractivity contribution in [1.29, 1.82) is 0 Å². The monoisotopic (exact) mass is 304 g/mol. The molecule has 1 aliphatic carbocycles. The summed E-state index contributed by atoms with van der Waals surface area (Å²) in [4.78, 5) is 14.7.